The van der Waals surface area contributed by atoms with Gasteiger partial charge < -0.3 is 10.1 Å². The van der Waals surface area contributed by atoms with E-state index in [2.05, 4.69) is 31.2 Å². The maximum absolute atomic E-state index is 12.4. The third-order valence-corrected chi connectivity index (χ3v) is 4.47. The van der Waals surface area contributed by atoms with Crippen LogP contribution in [-0.2, 0) is 11.8 Å². The molecule has 1 N–H and O–H groups in total. The number of aromatic nitrogens is 2. The lowest BCUT2D eigenvalue weighted by Crippen LogP contribution is -2.22. The fraction of sp³-hybridized carbons (Fsp3) is 0.500. The number of para-hydroxylation sites is 1. The molecule has 0 spiro atoms. The Bertz CT molecular complexity index is 740. The Morgan fingerprint density at radius 1 is 1.28 bits per heavy atom. The normalized spacial score (nSPS) is 14.9. The van der Waals surface area contributed by atoms with Crippen molar-refractivity contribution in [2.24, 2.45) is 12.5 Å². The molecule has 1 aliphatic rings. The number of hydrogen-bond donors (Lipinski definition) is 1. The Balaban J connectivity index is 1.88. The van der Waals surface area contributed by atoms with E-state index in [4.69, 9.17) is 4.74 Å². The molecule has 134 valence electrons. The van der Waals surface area contributed by atoms with Crippen molar-refractivity contribution in [2.75, 3.05) is 5.32 Å². The number of ether oxygens (including phenoxy) is 1. The topological polar surface area (TPSA) is 56.1 Å². The van der Waals surface area contributed by atoms with Gasteiger partial charge in [-0.2, -0.15) is 0 Å². The molecule has 0 bridgehead atoms. The highest BCUT2D eigenvalue weighted by Gasteiger charge is 2.31. The van der Waals surface area contributed by atoms with Crippen molar-refractivity contribution in [3.63, 3.8) is 0 Å². The van der Waals surface area contributed by atoms with Crippen molar-refractivity contribution >= 4 is 11.7 Å². The molecule has 1 heterocycles. The van der Waals surface area contributed by atoms with Crippen LogP contribution in [-0.4, -0.2) is 15.7 Å². The summed E-state index contributed by atoms with van der Waals surface area (Å²) in [6, 6.07) is 9.66. The molecule has 2 aromatic rings. The van der Waals surface area contributed by atoms with E-state index in [1.165, 1.54) is 6.42 Å². The Hall–Kier alpha value is -2.30. The number of carbonyl (C=O) groups excluding carboxylic acids is 1. The first-order chi connectivity index (χ1) is 11.8. The van der Waals surface area contributed by atoms with Gasteiger partial charge in [0.25, 0.3) is 0 Å². The van der Waals surface area contributed by atoms with Gasteiger partial charge in [-0.25, -0.2) is 4.68 Å². The SMILES string of the molecule is Cn1nc(Oc2ccccc2)c(C2CCC2)c1NC(=O)CC(C)(C)C. The quantitative estimate of drug-likeness (QED) is 0.845. The molecule has 0 radical (unpaired) electrons. The monoisotopic (exact) mass is 341 g/mol. The fourth-order valence-electron chi connectivity index (χ4n) is 3.06. The standard InChI is InChI=1S/C20H27N3O2/c1-20(2,3)13-16(24)21-18-17(14-9-8-10-14)19(22-23(18)4)25-15-11-6-5-7-12-15/h5-7,11-12,14H,8-10,13H2,1-4H3,(H,21,24). The van der Waals surface area contributed by atoms with Crippen LogP contribution in [0.3, 0.4) is 0 Å². The highest BCUT2D eigenvalue weighted by atomic mass is 16.5. The number of nitrogens with one attached hydrogen (secondary N) is 1. The zero-order chi connectivity index (χ0) is 18.0. The molecule has 0 unspecified atom stereocenters. The number of rotatable bonds is 5. The van der Waals surface area contributed by atoms with Crippen LogP contribution in [0.4, 0.5) is 5.82 Å². The van der Waals surface area contributed by atoms with Gasteiger partial charge in [-0.1, -0.05) is 45.4 Å². The van der Waals surface area contributed by atoms with E-state index < -0.39 is 0 Å². The number of aryl methyl sites for hydroxylation is 1. The highest BCUT2D eigenvalue weighted by molar-refractivity contribution is 5.91. The van der Waals surface area contributed by atoms with Gasteiger partial charge in [0, 0.05) is 13.5 Å². The van der Waals surface area contributed by atoms with Gasteiger partial charge >= 0.3 is 0 Å². The predicted octanol–water partition coefficient (Wildman–Crippen LogP) is 4.85. The molecular formula is C20H27N3O2. The van der Waals surface area contributed by atoms with Crippen molar-refractivity contribution in [1.29, 1.82) is 0 Å². The van der Waals surface area contributed by atoms with Crippen LogP contribution < -0.4 is 10.1 Å². The largest absolute Gasteiger partial charge is 0.437 e. The highest BCUT2D eigenvalue weighted by Crippen LogP contribution is 2.45. The van der Waals surface area contributed by atoms with Gasteiger partial charge in [0.2, 0.25) is 11.8 Å². The van der Waals surface area contributed by atoms with E-state index in [0.29, 0.717) is 18.2 Å². The summed E-state index contributed by atoms with van der Waals surface area (Å²) in [5.74, 6) is 2.54. The molecule has 0 saturated heterocycles. The van der Waals surface area contributed by atoms with Crippen molar-refractivity contribution < 1.29 is 9.53 Å². The summed E-state index contributed by atoms with van der Waals surface area (Å²) in [4.78, 5) is 12.4. The first-order valence-electron chi connectivity index (χ1n) is 8.93. The van der Waals surface area contributed by atoms with Crippen molar-refractivity contribution in [3.05, 3.63) is 35.9 Å². The van der Waals surface area contributed by atoms with Crippen LogP contribution in [0.2, 0.25) is 0 Å². The third-order valence-electron chi connectivity index (χ3n) is 4.47. The predicted molar refractivity (Wildman–Crippen MR) is 99.0 cm³/mol. The first kappa shape index (κ1) is 17.5. The van der Waals surface area contributed by atoms with Crippen LogP contribution in [0.5, 0.6) is 11.6 Å². The molecule has 1 amide bonds. The van der Waals surface area contributed by atoms with Crippen molar-refractivity contribution in [1.82, 2.24) is 9.78 Å². The minimum atomic E-state index is -0.0529. The molecule has 0 aliphatic heterocycles. The Labute approximate surface area is 149 Å². The molecule has 1 aliphatic carbocycles. The summed E-state index contributed by atoms with van der Waals surface area (Å²) in [5, 5.41) is 7.61. The molecule has 25 heavy (non-hydrogen) atoms. The van der Waals surface area contributed by atoms with Crippen molar-refractivity contribution in [3.8, 4) is 11.6 Å². The van der Waals surface area contributed by atoms with Gasteiger partial charge in [-0.05, 0) is 36.3 Å². The van der Waals surface area contributed by atoms with E-state index in [9.17, 15) is 4.79 Å². The zero-order valence-corrected chi connectivity index (χ0v) is 15.5. The van der Waals surface area contributed by atoms with Crippen LogP contribution in [0.1, 0.15) is 57.9 Å². The maximum Gasteiger partial charge on any atom is 0.243 e. The fourth-order valence-corrected chi connectivity index (χ4v) is 3.06. The lowest BCUT2D eigenvalue weighted by molar-refractivity contribution is -0.117. The first-order valence-corrected chi connectivity index (χ1v) is 8.93. The number of carbonyl (C=O) groups is 1. The molecule has 3 rings (SSSR count). The lowest BCUT2D eigenvalue weighted by Gasteiger charge is -2.26. The maximum atomic E-state index is 12.4. The number of anilines is 1. The average Bonchev–Trinajstić information content (AvgIpc) is 2.73. The summed E-state index contributed by atoms with van der Waals surface area (Å²) >= 11 is 0. The van der Waals surface area contributed by atoms with Gasteiger partial charge in [-0.15, -0.1) is 5.10 Å². The molecule has 1 saturated carbocycles. The second-order valence-corrected chi connectivity index (χ2v) is 8.02. The molecule has 0 atom stereocenters. The second kappa shape index (κ2) is 6.90. The third kappa shape index (κ3) is 4.21. The smallest absolute Gasteiger partial charge is 0.243 e. The number of hydrogen-bond acceptors (Lipinski definition) is 3. The summed E-state index contributed by atoms with van der Waals surface area (Å²) in [6.07, 6.45) is 3.90. The van der Waals surface area contributed by atoms with Gasteiger partial charge in [0.1, 0.15) is 11.6 Å². The Morgan fingerprint density at radius 3 is 2.52 bits per heavy atom. The average molecular weight is 341 g/mol. The van der Waals surface area contributed by atoms with Gasteiger partial charge in [-0.3, -0.25) is 4.79 Å². The number of benzene rings is 1. The summed E-state index contributed by atoms with van der Waals surface area (Å²) < 4.78 is 7.76. The molecule has 5 nitrogen and oxygen atoms in total. The molecule has 1 aromatic heterocycles. The van der Waals surface area contributed by atoms with Crippen LogP contribution in [0, 0.1) is 5.41 Å². The zero-order valence-electron chi connectivity index (χ0n) is 15.5. The van der Waals surface area contributed by atoms with Gasteiger partial charge in [0.05, 0.1) is 5.56 Å². The molecule has 1 fully saturated rings. The summed E-state index contributed by atoms with van der Waals surface area (Å²) in [6.45, 7) is 6.19. The Morgan fingerprint density at radius 2 is 1.96 bits per heavy atom. The number of amides is 1. The van der Waals surface area contributed by atoms with E-state index >= 15 is 0 Å². The minimum Gasteiger partial charge on any atom is -0.437 e. The van der Waals surface area contributed by atoms with Crippen LogP contribution in [0.25, 0.3) is 0 Å². The van der Waals surface area contributed by atoms with E-state index in [1.807, 2.05) is 37.4 Å². The summed E-state index contributed by atoms with van der Waals surface area (Å²) in [7, 11) is 1.85. The second-order valence-electron chi connectivity index (χ2n) is 8.02. The lowest BCUT2D eigenvalue weighted by atomic mass is 9.80. The van der Waals surface area contributed by atoms with E-state index in [0.717, 1.165) is 30.0 Å². The Kier molecular flexibility index (Phi) is 4.84. The molecular weight excluding hydrogens is 314 g/mol. The number of nitrogens with zero attached hydrogens (tertiary/aromatic N) is 2. The summed E-state index contributed by atoms with van der Waals surface area (Å²) in [5.41, 5.74) is 0.975. The van der Waals surface area contributed by atoms with Crippen LogP contribution in [0.15, 0.2) is 30.3 Å². The van der Waals surface area contributed by atoms with Gasteiger partial charge in [0.15, 0.2) is 0 Å². The van der Waals surface area contributed by atoms with E-state index in [1.54, 1.807) is 4.68 Å². The molecule has 1 aromatic carbocycles. The van der Waals surface area contributed by atoms with E-state index in [-0.39, 0.29) is 11.3 Å². The van der Waals surface area contributed by atoms with Crippen molar-refractivity contribution in [2.45, 2.75) is 52.4 Å². The van der Waals surface area contributed by atoms with Crippen LogP contribution >= 0.6 is 0 Å². The molecule has 5 heteroatoms. The minimum absolute atomic E-state index is 0.0161.